The average Bonchev–Trinajstić information content (AvgIpc) is 3.14. The molecule has 180 valence electrons. The zero-order chi connectivity index (χ0) is 23.6. The van der Waals surface area contributed by atoms with Crippen molar-refractivity contribution in [2.75, 3.05) is 44.2 Å². The van der Waals surface area contributed by atoms with Gasteiger partial charge < -0.3 is 19.8 Å². The van der Waals surface area contributed by atoms with Crippen molar-refractivity contribution in [3.8, 4) is 0 Å². The summed E-state index contributed by atoms with van der Waals surface area (Å²) in [4.78, 5) is 4.37. The zero-order valence-corrected chi connectivity index (χ0v) is 19.3. The molecule has 4 atom stereocenters. The maximum absolute atomic E-state index is 13.2. The Labute approximate surface area is 193 Å². The average molecular weight is 480 g/mol. The number of sulfonamides is 1. The lowest BCUT2D eigenvalue weighted by molar-refractivity contribution is -0.0201. The predicted octanol–water partition coefficient (Wildman–Crippen LogP) is 0.724. The summed E-state index contributed by atoms with van der Waals surface area (Å²) in [6.07, 6.45) is -2.34. The number of hydrogen-bond donors (Lipinski definition) is 3. The highest BCUT2D eigenvalue weighted by Gasteiger charge is 2.47. The maximum atomic E-state index is 13.2. The Bertz CT molecular complexity index is 1030. The minimum Gasteiger partial charge on any atom is -0.394 e. The van der Waals surface area contributed by atoms with Crippen molar-refractivity contribution in [2.24, 2.45) is 0 Å². The van der Waals surface area contributed by atoms with Crippen molar-refractivity contribution >= 4 is 15.7 Å². The molecule has 2 saturated heterocycles. The van der Waals surface area contributed by atoms with Crippen LogP contribution in [0.4, 0.5) is 10.1 Å². The third-order valence-electron chi connectivity index (χ3n) is 6.37. The maximum Gasteiger partial charge on any atom is 0.240 e. The van der Waals surface area contributed by atoms with Gasteiger partial charge in [0.05, 0.1) is 23.6 Å². The smallest absolute Gasteiger partial charge is 0.240 e. The van der Waals surface area contributed by atoms with Crippen LogP contribution in [-0.2, 0) is 14.8 Å². The quantitative estimate of drug-likeness (QED) is 0.538. The minimum atomic E-state index is -3.74. The molecule has 3 N–H and O–H groups in total. The molecule has 33 heavy (non-hydrogen) atoms. The SMILES string of the molecule is Cc1ccc(S(=O)(=O)NC[C@@H]2O[C@@H](CO)[C@@H](O)[C@H]2N2CCN(c3ccc(F)cc3)CC2)cc1. The Hall–Kier alpha value is -2.08. The molecule has 0 aliphatic carbocycles. The van der Waals surface area contributed by atoms with E-state index in [0.29, 0.717) is 26.2 Å². The number of nitrogens with one attached hydrogen (secondary N) is 1. The Morgan fingerprint density at radius 3 is 2.27 bits per heavy atom. The van der Waals surface area contributed by atoms with E-state index in [-0.39, 0.29) is 23.9 Å². The second-order valence-corrected chi connectivity index (χ2v) is 10.3. The summed E-state index contributed by atoms with van der Waals surface area (Å²) in [6, 6.07) is 12.4. The van der Waals surface area contributed by atoms with Crippen molar-refractivity contribution in [3.05, 3.63) is 59.9 Å². The zero-order valence-electron chi connectivity index (χ0n) is 18.5. The molecule has 2 fully saturated rings. The summed E-state index contributed by atoms with van der Waals surface area (Å²) in [5.74, 6) is -0.283. The van der Waals surface area contributed by atoms with Gasteiger partial charge in [-0.3, -0.25) is 4.90 Å². The van der Waals surface area contributed by atoms with Crippen LogP contribution in [0, 0.1) is 12.7 Å². The molecule has 0 spiro atoms. The van der Waals surface area contributed by atoms with Gasteiger partial charge in [0.25, 0.3) is 0 Å². The molecule has 8 nitrogen and oxygen atoms in total. The third-order valence-corrected chi connectivity index (χ3v) is 7.81. The van der Waals surface area contributed by atoms with E-state index in [4.69, 9.17) is 4.74 Å². The number of aliphatic hydroxyl groups excluding tert-OH is 2. The van der Waals surface area contributed by atoms with Gasteiger partial charge in [0.15, 0.2) is 0 Å². The first-order valence-electron chi connectivity index (χ1n) is 11.0. The van der Waals surface area contributed by atoms with Gasteiger partial charge >= 0.3 is 0 Å². The molecule has 0 aromatic heterocycles. The number of halogens is 1. The molecule has 10 heteroatoms. The molecule has 0 radical (unpaired) electrons. The first-order valence-corrected chi connectivity index (χ1v) is 12.5. The number of nitrogens with zero attached hydrogens (tertiary/aromatic N) is 2. The van der Waals surface area contributed by atoms with E-state index in [9.17, 15) is 23.0 Å². The Kier molecular flexibility index (Phi) is 7.32. The Morgan fingerprint density at radius 2 is 1.67 bits per heavy atom. The van der Waals surface area contributed by atoms with Gasteiger partial charge in [-0.05, 0) is 43.3 Å². The van der Waals surface area contributed by atoms with Gasteiger partial charge in [0.2, 0.25) is 10.0 Å². The minimum absolute atomic E-state index is 0.0212. The third kappa shape index (κ3) is 5.37. The van der Waals surface area contributed by atoms with Crippen LogP contribution >= 0.6 is 0 Å². The van der Waals surface area contributed by atoms with Crippen LogP contribution in [0.1, 0.15) is 5.56 Å². The van der Waals surface area contributed by atoms with Gasteiger partial charge in [-0.15, -0.1) is 0 Å². The number of piperazine rings is 1. The van der Waals surface area contributed by atoms with E-state index < -0.39 is 34.4 Å². The fourth-order valence-corrected chi connectivity index (χ4v) is 5.56. The second-order valence-electron chi connectivity index (χ2n) is 8.54. The highest BCUT2D eigenvalue weighted by molar-refractivity contribution is 7.89. The highest BCUT2D eigenvalue weighted by Crippen LogP contribution is 2.28. The first kappa shape index (κ1) is 24.1. The van der Waals surface area contributed by atoms with Gasteiger partial charge in [-0.25, -0.2) is 17.5 Å². The molecule has 0 saturated carbocycles. The van der Waals surface area contributed by atoms with E-state index >= 15 is 0 Å². The fourth-order valence-electron chi connectivity index (χ4n) is 4.52. The Morgan fingerprint density at radius 1 is 1.03 bits per heavy atom. The first-order chi connectivity index (χ1) is 15.8. The fraction of sp³-hybridized carbons (Fsp3) is 0.478. The number of ether oxygens (including phenoxy) is 1. The number of aliphatic hydroxyl groups is 2. The van der Waals surface area contributed by atoms with E-state index in [0.717, 1.165) is 11.3 Å². The van der Waals surface area contributed by atoms with Crippen LogP contribution in [0.3, 0.4) is 0 Å². The van der Waals surface area contributed by atoms with Crippen LogP contribution < -0.4 is 9.62 Å². The molecule has 2 aromatic rings. The molecule has 0 unspecified atom stereocenters. The molecule has 2 aromatic carbocycles. The van der Waals surface area contributed by atoms with E-state index in [1.54, 1.807) is 36.4 Å². The largest absolute Gasteiger partial charge is 0.394 e. The van der Waals surface area contributed by atoms with E-state index in [2.05, 4.69) is 14.5 Å². The van der Waals surface area contributed by atoms with Crippen LogP contribution in [0.25, 0.3) is 0 Å². The van der Waals surface area contributed by atoms with Crippen molar-refractivity contribution in [2.45, 2.75) is 36.2 Å². The summed E-state index contributed by atoms with van der Waals surface area (Å²) in [5.41, 5.74) is 1.89. The molecule has 2 heterocycles. The number of hydrogen-bond acceptors (Lipinski definition) is 7. The number of rotatable bonds is 7. The normalized spacial score (nSPS) is 26.6. The highest BCUT2D eigenvalue weighted by atomic mass is 32.2. The molecule has 2 aliphatic heterocycles. The van der Waals surface area contributed by atoms with Gasteiger partial charge in [0.1, 0.15) is 18.0 Å². The summed E-state index contributed by atoms with van der Waals surface area (Å²) in [7, 11) is -3.74. The van der Waals surface area contributed by atoms with Gasteiger partial charge in [0, 0.05) is 38.4 Å². The molecule has 0 bridgehead atoms. The second kappa shape index (κ2) is 10.0. The van der Waals surface area contributed by atoms with Crippen LogP contribution in [0.5, 0.6) is 0 Å². The van der Waals surface area contributed by atoms with Crippen molar-refractivity contribution in [1.82, 2.24) is 9.62 Å². The predicted molar refractivity (Wildman–Crippen MR) is 122 cm³/mol. The summed E-state index contributed by atoms with van der Waals surface area (Å²) < 4.78 is 47.1. The standard InChI is InChI=1S/C23H30FN3O5S/c1-16-2-8-19(9-3-16)33(30,31)25-14-20-22(23(29)21(15-28)32-20)27-12-10-26(11-13-27)18-6-4-17(24)5-7-18/h2-9,20-23,25,28-29H,10-15H2,1H3/t20-,21-,22-,23+/m0/s1. The van der Waals surface area contributed by atoms with Crippen molar-refractivity contribution in [3.63, 3.8) is 0 Å². The lowest BCUT2D eigenvalue weighted by Gasteiger charge is -2.41. The molecular weight excluding hydrogens is 449 g/mol. The number of benzene rings is 2. The van der Waals surface area contributed by atoms with Crippen molar-refractivity contribution in [1.29, 1.82) is 0 Å². The summed E-state index contributed by atoms with van der Waals surface area (Å²) >= 11 is 0. The van der Waals surface area contributed by atoms with Crippen molar-refractivity contribution < 1.29 is 27.8 Å². The topological polar surface area (TPSA) is 102 Å². The Balaban J connectivity index is 1.42. The summed E-state index contributed by atoms with van der Waals surface area (Å²) in [6.45, 7) is 4.07. The number of aryl methyl sites for hydroxylation is 1. The summed E-state index contributed by atoms with van der Waals surface area (Å²) in [5, 5.41) is 20.4. The molecule has 4 rings (SSSR count). The lowest BCUT2D eigenvalue weighted by atomic mass is 10.0. The van der Waals surface area contributed by atoms with Crippen LogP contribution in [-0.4, -0.2) is 87.2 Å². The van der Waals surface area contributed by atoms with E-state index in [1.807, 2.05) is 6.92 Å². The molecule has 0 amide bonds. The molecule has 2 aliphatic rings. The molecular formula is C23H30FN3O5S. The van der Waals surface area contributed by atoms with Gasteiger partial charge in [-0.2, -0.15) is 0 Å². The monoisotopic (exact) mass is 479 g/mol. The lowest BCUT2D eigenvalue weighted by Crippen LogP contribution is -2.57. The number of anilines is 1. The van der Waals surface area contributed by atoms with E-state index in [1.165, 1.54) is 12.1 Å². The van der Waals surface area contributed by atoms with Crippen LogP contribution in [0.15, 0.2) is 53.4 Å². The van der Waals surface area contributed by atoms with Crippen LogP contribution in [0.2, 0.25) is 0 Å². The van der Waals surface area contributed by atoms with Gasteiger partial charge in [-0.1, -0.05) is 17.7 Å².